The Morgan fingerprint density at radius 2 is 2.20 bits per heavy atom. The summed E-state index contributed by atoms with van der Waals surface area (Å²) < 4.78 is 11.4. The number of amides is 1. The lowest BCUT2D eigenvalue weighted by Gasteiger charge is -2.37. The molecular formula is C20H28N2O3. The van der Waals surface area contributed by atoms with Gasteiger partial charge in [0.2, 0.25) is 0 Å². The highest BCUT2D eigenvalue weighted by molar-refractivity contribution is 5.68. The molecule has 1 unspecified atom stereocenters. The van der Waals surface area contributed by atoms with Crippen LogP contribution in [0.5, 0.6) is 0 Å². The number of carbonyl (C=O) groups excluding carboxylic acids is 1. The number of nitrogens with zero attached hydrogens (tertiary/aromatic N) is 2. The molecule has 2 atom stereocenters. The molecule has 1 heterocycles. The second-order valence-corrected chi connectivity index (χ2v) is 7.63. The van der Waals surface area contributed by atoms with Gasteiger partial charge in [0.1, 0.15) is 12.2 Å². The van der Waals surface area contributed by atoms with Gasteiger partial charge < -0.3 is 14.4 Å². The molecule has 1 aliphatic heterocycles. The van der Waals surface area contributed by atoms with Crippen molar-refractivity contribution >= 4 is 6.09 Å². The summed E-state index contributed by atoms with van der Waals surface area (Å²) in [6, 6.07) is 10.2. The zero-order chi connectivity index (χ0) is 18.4. The Morgan fingerprint density at radius 1 is 1.44 bits per heavy atom. The van der Waals surface area contributed by atoms with Crippen LogP contribution in [-0.4, -0.2) is 36.3 Å². The number of nitriles is 1. The molecule has 1 aromatic rings. The third-order valence-corrected chi connectivity index (χ3v) is 4.24. The Labute approximate surface area is 150 Å². The molecule has 5 nitrogen and oxygen atoms in total. The van der Waals surface area contributed by atoms with Crippen molar-refractivity contribution in [1.82, 2.24) is 4.90 Å². The molecule has 0 saturated carbocycles. The fourth-order valence-electron chi connectivity index (χ4n) is 3.23. The zero-order valence-electron chi connectivity index (χ0n) is 15.6. The summed E-state index contributed by atoms with van der Waals surface area (Å²) in [5, 5.41) is 8.92. The van der Waals surface area contributed by atoms with E-state index < -0.39 is 5.60 Å². The minimum atomic E-state index is -0.503. The van der Waals surface area contributed by atoms with Gasteiger partial charge in [-0.25, -0.2) is 4.79 Å². The van der Waals surface area contributed by atoms with Crippen LogP contribution in [0.15, 0.2) is 24.3 Å². The van der Waals surface area contributed by atoms with E-state index in [2.05, 4.69) is 12.1 Å². The highest BCUT2D eigenvalue weighted by atomic mass is 16.6. The molecule has 1 aromatic carbocycles. The van der Waals surface area contributed by atoms with E-state index in [0.29, 0.717) is 13.1 Å². The molecule has 0 spiro atoms. The molecule has 2 rings (SSSR count). The van der Waals surface area contributed by atoms with Gasteiger partial charge in [-0.05, 0) is 46.1 Å². The lowest BCUT2D eigenvalue weighted by Crippen LogP contribution is -2.44. The molecule has 136 valence electrons. The van der Waals surface area contributed by atoms with E-state index in [4.69, 9.17) is 14.7 Å². The van der Waals surface area contributed by atoms with Crippen molar-refractivity contribution in [2.75, 3.05) is 19.7 Å². The van der Waals surface area contributed by atoms with Gasteiger partial charge in [0.25, 0.3) is 0 Å². The normalized spacial score (nSPS) is 19.2. The monoisotopic (exact) mass is 344 g/mol. The second kappa shape index (κ2) is 8.35. The maximum absolute atomic E-state index is 12.4. The Morgan fingerprint density at radius 3 is 2.84 bits per heavy atom. The Hall–Kier alpha value is -2.06. The van der Waals surface area contributed by atoms with Crippen molar-refractivity contribution in [3.05, 3.63) is 35.4 Å². The first-order valence-corrected chi connectivity index (χ1v) is 8.83. The SMILES string of the molecule is Cc1cccc([C@H](OCC#N)C2CCCN(C(=O)OC(C)(C)C)C2)c1. The molecule has 5 heteroatoms. The average Bonchev–Trinajstić information content (AvgIpc) is 2.54. The van der Waals surface area contributed by atoms with E-state index in [-0.39, 0.29) is 24.7 Å². The van der Waals surface area contributed by atoms with Crippen LogP contribution in [0.2, 0.25) is 0 Å². The van der Waals surface area contributed by atoms with E-state index in [1.807, 2.05) is 45.9 Å². The van der Waals surface area contributed by atoms with Crippen LogP contribution in [0, 0.1) is 24.2 Å². The predicted molar refractivity (Wildman–Crippen MR) is 96.0 cm³/mol. The molecule has 1 amide bonds. The van der Waals surface area contributed by atoms with Crippen molar-refractivity contribution in [3.63, 3.8) is 0 Å². The van der Waals surface area contributed by atoms with Crippen LogP contribution in [-0.2, 0) is 9.47 Å². The first-order valence-electron chi connectivity index (χ1n) is 8.83. The van der Waals surface area contributed by atoms with Gasteiger partial charge in [0.15, 0.2) is 0 Å². The summed E-state index contributed by atoms with van der Waals surface area (Å²) in [6.07, 6.45) is 1.40. The number of rotatable bonds is 4. The Kier molecular flexibility index (Phi) is 6.44. The van der Waals surface area contributed by atoms with Crippen molar-refractivity contribution in [1.29, 1.82) is 5.26 Å². The molecule has 0 bridgehead atoms. The van der Waals surface area contributed by atoms with Crippen molar-refractivity contribution < 1.29 is 14.3 Å². The second-order valence-electron chi connectivity index (χ2n) is 7.63. The summed E-state index contributed by atoms with van der Waals surface area (Å²) in [5.41, 5.74) is 1.71. The zero-order valence-corrected chi connectivity index (χ0v) is 15.6. The molecule has 0 aliphatic carbocycles. The van der Waals surface area contributed by atoms with Crippen molar-refractivity contribution in [2.24, 2.45) is 5.92 Å². The van der Waals surface area contributed by atoms with E-state index >= 15 is 0 Å². The smallest absolute Gasteiger partial charge is 0.410 e. The average molecular weight is 344 g/mol. The summed E-state index contributed by atoms with van der Waals surface area (Å²) in [6.45, 7) is 8.98. The van der Waals surface area contributed by atoms with Gasteiger partial charge in [0, 0.05) is 19.0 Å². The number of piperidine rings is 1. The van der Waals surface area contributed by atoms with Gasteiger partial charge in [-0.15, -0.1) is 0 Å². The molecule has 1 aliphatic rings. The van der Waals surface area contributed by atoms with Crippen LogP contribution >= 0.6 is 0 Å². The van der Waals surface area contributed by atoms with Gasteiger partial charge in [0.05, 0.1) is 12.2 Å². The minimum Gasteiger partial charge on any atom is -0.444 e. The van der Waals surface area contributed by atoms with E-state index in [1.54, 1.807) is 4.90 Å². The molecular weight excluding hydrogens is 316 g/mol. The highest BCUT2D eigenvalue weighted by Crippen LogP contribution is 2.33. The molecule has 0 radical (unpaired) electrons. The third-order valence-electron chi connectivity index (χ3n) is 4.24. The number of hydrogen-bond donors (Lipinski definition) is 0. The van der Waals surface area contributed by atoms with Crippen LogP contribution in [0.25, 0.3) is 0 Å². The minimum absolute atomic E-state index is 0.0432. The van der Waals surface area contributed by atoms with Crippen LogP contribution < -0.4 is 0 Å². The third kappa shape index (κ3) is 5.75. The number of aryl methyl sites for hydroxylation is 1. The quantitative estimate of drug-likeness (QED) is 0.820. The molecule has 1 fully saturated rings. The largest absolute Gasteiger partial charge is 0.444 e. The lowest BCUT2D eigenvalue weighted by atomic mass is 9.88. The van der Waals surface area contributed by atoms with Gasteiger partial charge in [-0.1, -0.05) is 29.8 Å². The highest BCUT2D eigenvalue weighted by Gasteiger charge is 2.33. The molecule has 1 saturated heterocycles. The number of carbonyl (C=O) groups is 1. The first kappa shape index (κ1) is 19.3. The number of likely N-dealkylation sites (tertiary alicyclic amines) is 1. The molecule has 25 heavy (non-hydrogen) atoms. The summed E-state index contributed by atoms with van der Waals surface area (Å²) >= 11 is 0. The first-order chi connectivity index (χ1) is 11.8. The molecule has 0 N–H and O–H groups in total. The van der Waals surface area contributed by atoms with E-state index in [0.717, 1.165) is 24.0 Å². The van der Waals surface area contributed by atoms with E-state index in [9.17, 15) is 4.79 Å². The predicted octanol–water partition coefficient (Wildman–Crippen LogP) is 4.22. The summed E-state index contributed by atoms with van der Waals surface area (Å²) in [7, 11) is 0. The Bertz CT molecular complexity index is 631. The fourth-order valence-corrected chi connectivity index (χ4v) is 3.23. The summed E-state index contributed by atoms with van der Waals surface area (Å²) in [5.74, 6) is 0.149. The van der Waals surface area contributed by atoms with E-state index in [1.165, 1.54) is 0 Å². The van der Waals surface area contributed by atoms with Crippen molar-refractivity contribution in [3.8, 4) is 6.07 Å². The summed E-state index contributed by atoms with van der Waals surface area (Å²) in [4.78, 5) is 14.2. The van der Waals surface area contributed by atoms with Gasteiger partial charge >= 0.3 is 6.09 Å². The van der Waals surface area contributed by atoms with Crippen LogP contribution in [0.1, 0.15) is 50.8 Å². The number of benzene rings is 1. The number of ether oxygens (including phenoxy) is 2. The topological polar surface area (TPSA) is 62.6 Å². The maximum Gasteiger partial charge on any atom is 0.410 e. The lowest BCUT2D eigenvalue weighted by molar-refractivity contribution is -0.0165. The Balaban J connectivity index is 2.14. The van der Waals surface area contributed by atoms with Gasteiger partial charge in [-0.3, -0.25) is 0 Å². The van der Waals surface area contributed by atoms with Crippen molar-refractivity contribution in [2.45, 2.75) is 52.2 Å². The van der Waals surface area contributed by atoms with Gasteiger partial charge in [-0.2, -0.15) is 5.26 Å². The van der Waals surface area contributed by atoms with Crippen LogP contribution in [0.4, 0.5) is 4.79 Å². The number of hydrogen-bond acceptors (Lipinski definition) is 4. The molecule has 0 aromatic heterocycles. The standard InChI is InChI=1S/C20H28N2O3/c1-15-7-5-8-16(13-15)18(24-12-10-21)17-9-6-11-22(14-17)19(23)25-20(2,3)4/h5,7-8,13,17-18H,6,9,11-12,14H2,1-4H3/t17?,18-/m0/s1. The maximum atomic E-state index is 12.4. The van der Waals surface area contributed by atoms with Crippen LogP contribution in [0.3, 0.4) is 0 Å². The fraction of sp³-hybridized carbons (Fsp3) is 0.600.